The largest absolute Gasteiger partial charge is 0.481 e. The summed E-state index contributed by atoms with van der Waals surface area (Å²) < 4.78 is 5.54. The van der Waals surface area contributed by atoms with Crippen molar-refractivity contribution < 1.29 is 14.6 Å². The van der Waals surface area contributed by atoms with Crippen LogP contribution in [0.5, 0.6) is 0 Å². The molecule has 1 aromatic rings. The van der Waals surface area contributed by atoms with Crippen molar-refractivity contribution in [1.29, 1.82) is 0 Å². The standard InChI is InChI=1S/C15H23NO3/c1-2-3-12-19-13-11-16(10-9-15(17)18)14-7-5-4-6-8-14/h4-8H,2-3,9-13H2,1H3,(H,17,18). The zero-order chi connectivity index (χ0) is 13.9. The molecule has 0 heterocycles. The van der Waals surface area contributed by atoms with Crippen molar-refractivity contribution >= 4 is 11.7 Å². The predicted molar refractivity (Wildman–Crippen MR) is 76.6 cm³/mol. The molecule has 1 aromatic carbocycles. The Morgan fingerprint density at radius 3 is 2.58 bits per heavy atom. The summed E-state index contributed by atoms with van der Waals surface area (Å²) in [4.78, 5) is 12.7. The summed E-state index contributed by atoms with van der Waals surface area (Å²) in [5.74, 6) is -0.771. The number of nitrogens with zero attached hydrogens (tertiary/aromatic N) is 1. The summed E-state index contributed by atoms with van der Waals surface area (Å²) in [6, 6.07) is 9.86. The van der Waals surface area contributed by atoms with E-state index in [4.69, 9.17) is 9.84 Å². The summed E-state index contributed by atoms with van der Waals surface area (Å²) in [7, 11) is 0. The van der Waals surface area contributed by atoms with E-state index in [0.717, 1.165) is 31.7 Å². The monoisotopic (exact) mass is 265 g/mol. The maximum atomic E-state index is 10.7. The summed E-state index contributed by atoms with van der Waals surface area (Å²) in [5, 5.41) is 8.79. The Hall–Kier alpha value is -1.55. The molecule has 4 nitrogen and oxygen atoms in total. The van der Waals surface area contributed by atoms with Gasteiger partial charge in [0.05, 0.1) is 13.0 Å². The number of benzene rings is 1. The molecule has 0 spiro atoms. The molecule has 0 fully saturated rings. The van der Waals surface area contributed by atoms with E-state index in [9.17, 15) is 4.79 Å². The molecule has 0 atom stereocenters. The van der Waals surface area contributed by atoms with Crippen LogP contribution in [-0.2, 0) is 9.53 Å². The van der Waals surface area contributed by atoms with Gasteiger partial charge in [-0.15, -0.1) is 0 Å². The van der Waals surface area contributed by atoms with Gasteiger partial charge in [-0.1, -0.05) is 31.5 Å². The van der Waals surface area contributed by atoms with E-state index in [-0.39, 0.29) is 6.42 Å². The third-order valence-corrected chi connectivity index (χ3v) is 2.86. The van der Waals surface area contributed by atoms with Gasteiger partial charge in [-0.05, 0) is 18.6 Å². The minimum atomic E-state index is -0.771. The molecule has 1 N–H and O–H groups in total. The molecule has 106 valence electrons. The Bertz CT molecular complexity index is 354. The SMILES string of the molecule is CCCCOCCN(CCC(=O)O)c1ccccc1. The molecule has 0 aliphatic heterocycles. The minimum Gasteiger partial charge on any atom is -0.481 e. The number of anilines is 1. The number of rotatable bonds is 10. The van der Waals surface area contributed by atoms with Gasteiger partial charge < -0.3 is 14.7 Å². The van der Waals surface area contributed by atoms with E-state index in [1.807, 2.05) is 30.3 Å². The highest BCUT2D eigenvalue weighted by Gasteiger charge is 2.08. The quantitative estimate of drug-likeness (QED) is 0.661. The molecular weight excluding hydrogens is 242 g/mol. The van der Waals surface area contributed by atoms with Gasteiger partial charge in [0.2, 0.25) is 0 Å². The molecule has 0 bridgehead atoms. The highest BCUT2D eigenvalue weighted by atomic mass is 16.5. The number of carbonyl (C=O) groups is 1. The second-order valence-corrected chi connectivity index (χ2v) is 4.43. The molecular formula is C15H23NO3. The first kappa shape index (κ1) is 15.5. The van der Waals surface area contributed by atoms with Crippen LogP contribution in [0.3, 0.4) is 0 Å². The molecule has 0 unspecified atom stereocenters. The summed E-state index contributed by atoms with van der Waals surface area (Å²) in [5.41, 5.74) is 1.04. The molecule has 1 rings (SSSR count). The molecule has 0 saturated heterocycles. The summed E-state index contributed by atoms with van der Waals surface area (Å²) in [6.07, 6.45) is 2.34. The fraction of sp³-hybridized carbons (Fsp3) is 0.533. The molecule has 4 heteroatoms. The lowest BCUT2D eigenvalue weighted by Crippen LogP contribution is -2.30. The van der Waals surface area contributed by atoms with Crippen molar-refractivity contribution in [3.63, 3.8) is 0 Å². The molecule has 0 aliphatic rings. The summed E-state index contributed by atoms with van der Waals surface area (Å²) >= 11 is 0. The Labute approximate surface area is 115 Å². The molecule has 0 aliphatic carbocycles. The van der Waals surface area contributed by atoms with E-state index in [2.05, 4.69) is 11.8 Å². The fourth-order valence-corrected chi connectivity index (χ4v) is 1.76. The van der Waals surface area contributed by atoms with Crippen molar-refractivity contribution in [2.45, 2.75) is 26.2 Å². The molecule has 0 saturated carbocycles. The molecule has 0 radical (unpaired) electrons. The molecule has 0 aromatic heterocycles. The maximum Gasteiger partial charge on any atom is 0.305 e. The van der Waals surface area contributed by atoms with Crippen LogP contribution in [0, 0.1) is 0 Å². The van der Waals surface area contributed by atoms with Crippen molar-refractivity contribution in [3.8, 4) is 0 Å². The van der Waals surface area contributed by atoms with Crippen LogP contribution in [0.25, 0.3) is 0 Å². The second kappa shape index (κ2) is 9.39. The van der Waals surface area contributed by atoms with Gasteiger partial charge in [-0.3, -0.25) is 4.79 Å². The van der Waals surface area contributed by atoms with E-state index in [0.29, 0.717) is 13.2 Å². The third kappa shape index (κ3) is 6.82. The van der Waals surface area contributed by atoms with E-state index < -0.39 is 5.97 Å². The lowest BCUT2D eigenvalue weighted by molar-refractivity contribution is -0.136. The number of unbranched alkanes of at least 4 members (excludes halogenated alkanes) is 1. The first-order chi connectivity index (χ1) is 9.24. The van der Waals surface area contributed by atoms with Gasteiger partial charge in [0, 0.05) is 25.4 Å². The Morgan fingerprint density at radius 1 is 1.21 bits per heavy atom. The van der Waals surface area contributed by atoms with Crippen LogP contribution in [0.2, 0.25) is 0 Å². The number of carboxylic acids is 1. The number of aliphatic carboxylic acids is 1. The number of hydrogen-bond donors (Lipinski definition) is 1. The van der Waals surface area contributed by atoms with Crippen LogP contribution in [0.15, 0.2) is 30.3 Å². The Balaban J connectivity index is 2.43. The Morgan fingerprint density at radius 2 is 1.95 bits per heavy atom. The average molecular weight is 265 g/mol. The van der Waals surface area contributed by atoms with Crippen molar-refractivity contribution in [2.24, 2.45) is 0 Å². The smallest absolute Gasteiger partial charge is 0.305 e. The first-order valence-corrected chi connectivity index (χ1v) is 6.83. The van der Waals surface area contributed by atoms with E-state index >= 15 is 0 Å². The minimum absolute atomic E-state index is 0.143. The maximum absolute atomic E-state index is 10.7. The molecule has 0 amide bonds. The number of hydrogen-bond acceptors (Lipinski definition) is 3. The lowest BCUT2D eigenvalue weighted by Gasteiger charge is -2.24. The van der Waals surface area contributed by atoms with Gasteiger partial charge in [0.15, 0.2) is 0 Å². The average Bonchev–Trinajstić information content (AvgIpc) is 2.42. The van der Waals surface area contributed by atoms with E-state index in [1.54, 1.807) is 0 Å². The predicted octanol–water partition coefficient (Wildman–Crippen LogP) is 2.78. The fourth-order valence-electron chi connectivity index (χ4n) is 1.76. The topological polar surface area (TPSA) is 49.8 Å². The lowest BCUT2D eigenvalue weighted by atomic mass is 10.2. The third-order valence-electron chi connectivity index (χ3n) is 2.86. The molecule has 19 heavy (non-hydrogen) atoms. The van der Waals surface area contributed by atoms with Gasteiger partial charge in [0.25, 0.3) is 0 Å². The van der Waals surface area contributed by atoms with Gasteiger partial charge in [0.1, 0.15) is 0 Å². The van der Waals surface area contributed by atoms with E-state index in [1.165, 1.54) is 0 Å². The number of ether oxygens (including phenoxy) is 1. The van der Waals surface area contributed by atoms with Gasteiger partial charge in [-0.2, -0.15) is 0 Å². The zero-order valence-electron chi connectivity index (χ0n) is 11.5. The highest BCUT2D eigenvalue weighted by Crippen LogP contribution is 2.13. The van der Waals surface area contributed by atoms with Crippen LogP contribution in [0.1, 0.15) is 26.2 Å². The zero-order valence-corrected chi connectivity index (χ0v) is 11.5. The summed E-state index contributed by atoms with van der Waals surface area (Å²) in [6.45, 7) is 4.77. The van der Waals surface area contributed by atoms with Crippen LogP contribution >= 0.6 is 0 Å². The van der Waals surface area contributed by atoms with Crippen LogP contribution in [0.4, 0.5) is 5.69 Å². The van der Waals surface area contributed by atoms with Crippen molar-refractivity contribution in [1.82, 2.24) is 0 Å². The second-order valence-electron chi connectivity index (χ2n) is 4.43. The van der Waals surface area contributed by atoms with Crippen LogP contribution < -0.4 is 4.90 Å². The van der Waals surface area contributed by atoms with Crippen molar-refractivity contribution in [3.05, 3.63) is 30.3 Å². The van der Waals surface area contributed by atoms with Gasteiger partial charge >= 0.3 is 5.97 Å². The van der Waals surface area contributed by atoms with Crippen molar-refractivity contribution in [2.75, 3.05) is 31.2 Å². The first-order valence-electron chi connectivity index (χ1n) is 6.83. The Kier molecular flexibility index (Phi) is 7.66. The normalized spacial score (nSPS) is 10.4. The number of para-hydroxylation sites is 1. The van der Waals surface area contributed by atoms with Gasteiger partial charge in [-0.25, -0.2) is 0 Å². The van der Waals surface area contributed by atoms with Crippen LogP contribution in [-0.4, -0.2) is 37.4 Å². The highest BCUT2D eigenvalue weighted by molar-refractivity contribution is 5.67. The number of carboxylic acid groups (broad SMARTS) is 1.